The van der Waals surface area contributed by atoms with Crippen LogP contribution >= 0.6 is 0 Å². The highest BCUT2D eigenvalue weighted by Crippen LogP contribution is 2.31. The second-order valence-corrected chi connectivity index (χ2v) is 6.84. The number of nitrogens with zero attached hydrogens (tertiary/aromatic N) is 2. The molecule has 26 heavy (non-hydrogen) atoms. The molecule has 2 aromatic carbocycles. The van der Waals surface area contributed by atoms with E-state index < -0.39 is 0 Å². The first kappa shape index (κ1) is 16.7. The number of fused-ring (bicyclic) bond motifs is 1. The van der Waals surface area contributed by atoms with Crippen LogP contribution in [0.4, 0.5) is 5.82 Å². The molecule has 2 heterocycles. The zero-order valence-corrected chi connectivity index (χ0v) is 15.5. The van der Waals surface area contributed by atoms with Crippen molar-refractivity contribution in [1.29, 1.82) is 0 Å². The van der Waals surface area contributed by atoms with Crippen molar-refractivity contribution in [2.45, 2.75) is 32.6 Å². The summed E-state index contributed by atoms with van der Waals surface area (Å²) in [5.74, 6) is 2.08. The van der Waals surface area contributed by atoms with Gasteiger partial charge in [-0.1, -0.05) is 36.4 Å². The van der Waals surface area contributed by atoms with E-state index in [9.17, 15) is 0 Å². The second kappa shape index (κ2) is 7.24. The van der Waals surface area contributed by atoms with E-state index in [1.807, 2.05) is 12.1 Å². The SMILES string of the molecule is COc1ccccc1Cc1nn(-c2ccccc2C)c2c1CCCCN2. The first-order valence-corrected chi connectivity index (χ1v) is 9.30. The van der Waals surface area contributed by atoms with E-state index in [1.165, 1.54) is 29.5 Å². The van der Waals surface area contributed by atoms with Gasteiger partial charge in [-0.15, -0.1) is 0 Å². The smallest absolute Gasteiger partial charge is 0.133 e. The maximum absolute atomic E-state index is 5.55. The van der Waals surface area contributed by atoms with Gasteiger partial charge in [0, 0.05) is 24.1 Å². The Bertz CT molecular complexity index is 914. The third-order valence-corrected chi connectivity index (χ3v) is 5.11. The van der Waals surface area contributed by atoms with Crippen molar-refractivity contribution in [3.63, 3.8) is 0 Å². The highest BCUT2D eigenvalue weighted by Gasteiger charge is 2.22. The van der Waals surface area contributed by atoms with Crippen molar-refractivity contribution in [3.8, 4) is 11.4 Å². The van der Waals surface area contributed by atoms with Crippen LogP contribution < -0.4 is 10.1 Å². The number of anilines is 1. The maximum Gasteiger partial charge on any atom is 0.133 e. The number of ether oxygens (including phenoxy) is 1. The molecule has 0 radical (unpaired) electrons. The molecule has 0 fully saturated rings. The Kier molecular flexibility index (Phi) is 4.65. The van der Waals surface area contributed by atoms with Crippen LogP contribution in [0.2, 0.25) is 0 Å². The van der Waals surface area contributed by atoms with Crippen LogP contribution in [0.5, 0.6) is 5.75 Å². The average molecular weight is 347 g/mol. The Balaban J connectivity index is 1.81. The molecule has 0 bridgehead atoms. The number of methoxy groups -OCH3 is 1. The normalized spacial score (nSPS) is 13.6. The summed E-state index contributed by atoms with van der Waals surface area (Å²) >= 11 is 0. The molecule has 0 amide bonds. The summed E-state index contributed by atoms with van der Waals surface area (Å²) in [7, 11) is 1.73. The number of hydrogen-bond donors (Lipinski definition) is 1. The van der Waals surface area contributed by atoms with Crippen LogP contribution in [0, 0.1) is 6.92 Å². The van der Waals surface area contributed by atoms with Gasteiger partial charge in [-0.25, -0.2) is 4.68 Å². The van der Waals surface area contributed by atoms with Gasteiger partial charge >= 0.3 is 0 Å². The summed E-state index contributed by atoms with van der Waals surface area (Å²) in [6.07, 6.45) is 4.24. The van der Waals surface area contributed by atoms with Gasteiger partial charge in [0.05, 0.1) is 18.5 Å². The summed E-state index contributed by atoms with van der Waals surface area (Å²) in [4.78, 5) is 0. The molecular formula is C22H25N3O. The molecule has 0 saturated heterocycles. The predicted molar refractivity (Wildman–Crippen MR) is 106 cm³/mol. The zero-order chi connectivity index (χ0) is 17.9. The lowest BCUT2D eigenvalue weighted by Crippen LogP contribution is -2.08. The van der Waals surface area contributed by atoms with E-state index in [2.05, 4.69) is 53.3 Å². The summed E-state index contributed by atoms with van der Waals surface area (Å²) in [6, 6.07) is 16.6. The largest absolute Gasteiger partial charge is 0.496 e. The number of hydrogen-bond acceptors (Lipinski definition) is 3. The number of benzene rings is 2. The van der Waals surface area contributed by atoms with Crippen LogP contribution in [-0.2, 0) is 12.8 Å². The van der Waals surface area contributed by atoms with E-state index in [-0.39, 0.29) is 0 Å². The second-order valence-electron chi connectivity index (χ2n) is 6.84. The molecule has 1 N–H and O–H groups in total. The van der Waals surface area contributed by atoms with Gasteiger partial charge < -0.3 is 10.1 Å². The van der Waals surface area contributed by atoms with E-state index in [4.69, 9.17) is 9.84 Å². The molecule has 3 aromatic rings. The fourth-order valence-corrected chi connectivity index (χ4v) is 3.72. The Hall–Kier alpha value is -2.75. The minimum atomic E-state index is 0.785. The van der Waals surface area contributed by atoms with E-state index in [1.54, 1.807) is 7.11 Å². The van der Waals surface area contributed by atoms with Gasteiger partial charge in [0.1, 0.15) is 11.6 Å². The Labute approximate surface area is 154 Å². The standard InChI is InChI=1S/C22H25N3O/c1-16-9-3-5-12-20(16)25-22-18(11-7-8-14-23-22)19(24-25)15-17-10-4-6-13-21(17)26-2/h3-6,9-10,12-13,23H,7-8,11,14-15H2,1-2H3. The Morgan fingerprint density at radius 1 is 1.08 bits per heavy atom. The number of aryl methyl sites for hydroxylation is 1. The fourth-order valence-electron chi connectivity index (χ4n) is 3.72. The van der Waals surface area contributed by atoms with Crippen molar-refractivity contribution < 1.29 is 4.74 Å². The van der Waals surface area contributed by atoms with Gasteiger partial charge in [0.2, 0.25) is 0 Å². The van der Waals surface area contributed by atoms with Gasteiger partial charge in [-0.3, -0.25) is 0 Å². The summed E-state index contributed by atoms with van der Waals surface area (Å²) < 4.78 is 7.64. The summed E-state index contributed by atoms with van der Waals surface area (Å²) in [6.45, 7) is 3.14. The number of nitrogens with one attached hydrogen (secondary N) is 1. The Morgan fingerprint density at radius 2 is 1.88 bits per heavy atom. The lowest BCUT2D eigenvalue weighted by molar-refractivity contribution is 0.410. The van der Waals surface area contributed by atoms with E-state index >= 15 is 0 Å². The molecule has 4 heteroatoms. The van der Waals surface area contributed by atoms with Gasteiger partial charge in [0.25, 0.3) is 0 Å². The molecule has 1 aromatic heterocycles. The van der Waals surface area contributed by atoms with Crippen LogP contribution in [-0.4, -0.2) is 23.4 Å². The van der Waals surface area contributed by atoms with Crippen LogP contribution in [0.25, 0.3) is 5.69 Å². The zero-order valence-electron chi connectivity index (χ0n) is 15.5. The molecule has 0 atom stereocenters. The van der Waals surface area contributed by atoms with Crippen molar-refractivity contribution >= 4 is 5.82 Å². The Morgan fingerprint density at radius 3 is 2.73 bits per heavy atom. The minimum Gasteiger partial charge on any atom is -0.496 e. The molecule has 4 rings (SSSR count). The molecule has 4 nitrogen and oxygen atoms in total. The summed E-state index contributed by atoms with van der Waals surface area (Å²) in [5, 5.41) is 8.66. The molecule has 0 saturated carbocycles. The third kappa shape index (κ3) is 3.07. The lowest BCUT2D eigenvalue weighted by Gasteiger charge is -2.11. The first-order valence-electron chi connectivity index (χ1n) is 9.30. The molecular weight excluding hydrogens is 322 g/mol. The minimum absolute atomic E-state index is 0.785. The molecule has 0 aliphatic carbocycles. The van der Waals surface area contributed by atoms with Crippen LogP contribution in [0.1, 0.15) is 35.2 Å². The van der Waals surface area contributed by atoms with Gasteiger partial charge in [-0.05, 0) is 43.9 Å². The van der Waals surface area contributed by atoms with Crippen molar-refractivity contribution in [3.05, 3.63) is 70.9 Å². The van der Waals surface area contributed by atoms with E-state index in [0.717, 1.165) is 42.3 Å². The molecule has 1 aliphatic heterocycles. The molecule has 1 aliphatic rings. The molecule has 0 spiro atoms. The lowest BCUT2D eigenvalue weighted by atomic mass is 10.0. The van der Waals surface area contributed by atoms with Crippen molar-refractivity contribution in [2.75, 3.05) is 19.0 Å². The summed E-state index contributed by atoms with van der Waals surface area (Å²) in [5.41, 5.74) is 6.03. The van der Waals surface area contributed by atoms with Gasteiger partial charge in [-0.2, -0.15) is 5.10 Å². The predicted octanol–water partition coefficient (Wildman–Crippen LogP) is 4.53. The third-order valence-electron chi connectivity index (χ3n) is 5.11. The van der Waals surface area contributed by atoms with Gasteiger partial charge in [0.15, 0.2) is 0 Å². The topological polar surface area (TPSA) is 39.1 Å². The highest BCUT2D eigenvalue weighted by molar-refractivity contribution is 5.57. The molecule has 134 valence electrons. The van der Waals surface area contributed by atoms with Crippen molar-refractivity contribution in [1.82, 2.24) is 9.78 Å². The van der Waals surface area contributed by atoms with Crippen molar-refractivity contribution in [2.24, 2.45) is 0 Å². The number of aromatic nitrogens is 2. The highest BCUT2D eigenvalue weighted by atomic mass is 16.5. The average Bonchev–Trinajstić information content (AvgIpc) is 2.84. The maximum atomic E-state index is 5.55. The van der Waals surface area contributed by atoms with E-state index in [0.29, 0.717) is 0 Å². The number of rotatable bonds is 4. The number of para-hydroxylation sites is 2. The quantitative estimate of drug-likeness (QED) is 0.754. The monoisotopic (exact) mass is 347 g/mol. The van der Waals surface area contributed by atoms with Crippen LogP contribution in [0.15, 0.2) is 48.5 Å². The first-order chi connectivity index (χ1) is 12.8. The fraction of sp³-hybridized carbons (Fsp3) is 0.318. The van der Waals surface area contributed by atoms with Crippen LogP contribution in [0.3, 0.4) is 0 Å². The molecule has 0 unspecified atom stereocenters.